The van der Waals surface area contributed by atoms with E-state index >= 15 is 0 Å². The van der Waals surface area contributed by atoms with Crippen molar-refractivity contribution in [2.45, 2.75) is 179 Å². The number of hydrogen-bond donors (Lipinski definition) is 0. The van der Waals surface area contributed by atoms with Crippen LogP contribution in [0.4, 0.5) is 4.39 Å². The van der Waals surface area contributed by atoms with Crippen LogP contribution in [-0.4, -0.2) is 7.18 Å². The monoisotopic (exact) mass is 1210 g/mol. The summed E-state index contributed by atoms with van der Waals surface area (Å²) >= 11 is 0. The molecule has 0 N–H and O–H groups in total. The molecular weight excluding hydrogens is 1090 g/mol. The first-order chi connectivity index (χ1) is 44.7. The van der Waals surface area contributed by atoms with Crippen LogP contribution in [0.25, 0.3) is 0 Å². The van der Waals surface area contributed by atoms with E-state index in [1.807, 2.05) is 86.6 Å². The minimum atomic E-state index is -0.337. The molecule has 0 fully saturated rings. The van der Waals surface area contributed by atoms with Crippen LogP contribution in [-0.2, 0) is 5.41 Å². The molecule has 0 saturated heterocycles. The highest BCUT2D eigenvalue weighted by molar-refractivity contribution is 5.36. The van der Waals surface area contributed by atoms with Crippen LogP contribution in [0, 0.1) is 143 Å². The summed E-state index contributed by atoms with van der Waals surface area (Å²) in [4.78, 5) is 0. The smallest absolute Gasteiger partial charge is 0.0785 e. The van der Waals surface area contributed by atoms with E-state index in [4.69, 9.17) is 12.1 Å². The SMILES string of the molecule is CC.CC#N.CF.Cc1cc(C)c(C)c(C)c1.Cc1cc(C)cc(C)c1.Cc1ccc(C(C)(C)C)cc1.Cc1ccc(C)c(C)c1.Cc1cccc(C)c1C.Cc1ccccc1.Cc1ccccc1.Cc1ccccc1.Cc1ccccc1.[2H]c1c([2H])c([2H])c(C)c([2H])c1[2H]. The van der Waals surface area contributed by atoms with Gasteiger partial charge in [-0.05, 0) is 187 Å². The zero-order valence-electron chi connectivity index (χ0n) is 65.5. The summed E-state index contributed by atoms with van der Waals surface area (Å²) in [6.07, 6.45) is 0. The van der Waals surface area contributed by atoms with Crippen molar-refractivity contribution >= 4 is 0 Å². The third kappa shape index (κ3) is 46.7. The fraction of sp³-hybridized carbons (Fsp3) is 0.307. The molecule has 0 radical (unpaired) electrons. The average molecular weight is 1210 g/mol. The average Bonchev–Trinajstić information content (AvgIpc) is 0.853. The summed E-state index contributed by atoms with van der Waals surface area (Å²) in [5.41, 5.74) is 26.5. The van der Waals surface area contributed by atoms with E-state index in [2.05, 4.69) is 285 Å². The highest BCUT2D eigenvalue weighted by Gasteiger charge is 2.12. The largest absolute Gasteiger partial charge is 0.255 e. The van der Waals surface area contributed by atoms with E-state index in [0.717, 1.165) is 0 Å². The summed E-state index contributed by atoms with van der Waals surface area (Å²) in [6, 6.07) is 74.3. The number of hydrogen-bond acceptors (Lipinski definition) is 1. The summed E-state index contributed by atoms with van der Waals surface area (Å²) < 4.78 is 45.8. The van der Waals surface area contributed by atoms with Gasteiger partial charge in [0.1, 0.15) is 0 Å². The van der Waals surface area contributed by atoms with Crippen LogP contribution in [0.2, 0.25) is 0 Å². The fourth-order valence-electron chi connectivity index (χ4n) is 7.75. The van der Waals surface area contributed by atoms with Gasteiger partial charge >= 0.3 is 0 Å². The maximum absolute atomic E-state index is 9.50. The summed E-state index contributed by atoms with van der Waals surface area (Å²) in [5, 5.41) is 7.32. The minimum Gasteiger partial charge on any atom is -0.255 e. The Morgan fingerprint density at radius 2 is 0.556 bits per heavy atom. The van der Waals surface area contributed by atoms with E-state index < -0.39 is 0 Å². The predicted molar refractivity (Wildman–Crippen MR) is 403 cm³/mol. The van der Waals surface area contributed by atoms with Gasteiger partial charge < -0.3 is 0 Å². The molecule has 0 bridgehead atoms. The van der Waals surface area contributed by atoms with E-state index in [9.17, 15) is 4.39 Å². The summed E-state index contributed by atoms with van der Waals surface area (Å²) in [7, 11) is 0.500. The fourth-order valence-corrected chi connectivity index (χ4v) is 7.75. The van der Waals surface area contributed by atoms with Crippen molar-refractivity contribution < 1.29 is 11.2 Å². The number of alkyl halides is 1. The molecule has 0 aliphatic heterocycles. The molecule has 10 aromatic carbocycles. The first-order valence-corrected chi connectivity index (χ1v) is 31.2. The Labute approximate surface area is 559 Å². The van der Waals surface area contributed by atoms with Crippen LogP contribution in [0.3, 0.4) is 0 Å². The highest BCUT2D eigenvalue weighted by Crippen LogP contribution is 2.22. The van der Waals surface area contributed by atoms with Gasteiger partial charge in [0, 0.05) is 6.92 Å². The van der Waals surface area contributed by atoms with Gasteiger partial charge in [-0.15, -0.1) is 0 Å². The molecule has 10 rings (SSSR count). The van der Waals surface area contributed by atoms with Crippen LogP contribution >= 0.6 is 0 Å². The van der Waals surface area contributed by atoms with E-state index in [1.54, 1.807) is 6.07 Å². The first kappa shape index (κ1) is 75.9. The molecule has 0 spiro atoms. The van der Waals surface area contributed by atoms with Crippen LogP contribution in [0.1, 0.15) is 160 Å². The van der Waals surface area contributed by atoms with Gasteiger partial charge in [-0.25, -0.2) is 0 Å². The predicted octanol–water partition coefficient (Wildman–Crippen LogP) is 26.2. The lowest BCUT2D eigenvalue weighted by molar-refractivity contribution is 0.590. The van der Waals surface area contributed by atoms with Crippen molar-refractivity contribution in [3.8, 4) is 6.07 Å². The second-order valence-corrected chi connectivity index (χ2v) is 23.0. The van der Waals surface area contributed by atoms with Crippen molar-refractivity contribution in [2.24, 2.45) is 0 Å². The molecule has 0 saturated carbocycles. The van der Waals surface area contributed by atoms with Gasteiger partial charge in [0.25, 0.3) is 0 Å². The lowest BCUT2D eigenvalue weighted by atomic mass is 9.87. The number of benzene rings is 10. The third-order valence-corrected chi connectivity index (χ3v) is 13.3. The minimum absolute atomic E-state index is 0.124. The van der Waals surface area contributed by atoms with Crippen molar-refractivity contribution in [3.05, 3.63) is 354 Å². The number of rotatable bonds is 0. The van der Waals surface area contributed by atoms with E-state index in [0.29, 0.717) is 12.7 Å². The highest BCUT2D eigenvalue weighted by atomic mass is 19.1. The van der Waals surface area contributed by atoms with Crippen molar-refractivity contribution in [1.29, 1.82) is 5.26 Å². The quantitative estimate of drug-likeness (QED) is 0.148. The Kier molecular flexibility index (Phi) is 44.3. The maximum Gasteiger partial charge on any atom is 0.0785 e. The standard InChI is InChI=1S/C11H16.C10H14.3C9H12.5C7H8.C2H3N.C2H6.CH3F/c1-9-5-7-10(8-6-9)11(2,3)4;1-7-5-8(2)10(4)9(3)6-7;1-7-4-8(2)6-9(3)5-7;1-7-4-5-8(2)9(3)6-7;1-7-5-4-6-8(2)9(7)3;5*1-7-5-3-2-4-6-7;1-2-3;2*1-2/h5-8H,1-4H3;5-6H,1-4H3;3*4-6H,1-3H3;5*2-6H,1H3;1H3;1-2H3;1H3/i;;;;;2D,3D,4D,5D,6D;;;;;;;. The topological polar surface area (TPSA) is 23.8 Å². The van der Waals surface area contributed by atoms with Gasteiger partial charge in [0.15, 0.2) is 0 Å². The van der Waals surface area contributed by atoms with Gasteiger partial charge in [-0.1, -0.05) is 338 Å². The first-order valence-electron chi connectivity index (χ1n) is 33.7. The Morgan fingerprint density at radius 1 is 0.289 bits per heavy atom. The molecular formula is C88H118FN. The number of nitrogens with zero attached hydrogens (tertiary/aromatic N) is 1. The molecule has 10 aromatic rings. The Balaban J connectivity index is -0.000000983. The van der Waals surface area contributed by atoms with Gasteiger partial charge in [-0.2, -0.15) is 5.26 Å². The molecule has 1 nitrogen and oxygen atoms in total. The van der Waals surface area contributed by atoms with Crippen molar-refractivity contribution in [2.75, 3.05) is 7.18 Å². The number of aryl methyl sites for hydroxylation is 16. The van der Waals surface area contributed by atoms with Gasteiger partial charge in [0.05, 0.1) is 20.1 Å². The zero-order chi connectivity index (χ0) is 73.4. The third-order valence-electron chi connectivity index (χ3n) is 13.3. The summed E-state index contributed by atoms with van der Waals surface area (Å²) in [5.74, 6) is 0. The molecule has 482 valence electrons. The lowest BCUT2D eigenvalue weighted by Crippen LogP contribution is -2.10. The van der Waals surface area contributed by atoms with Crippen LogP contribution < -0.4 is 0 Å². The zero-order valence-corrected chi connectivity index (χ0v) is 60.5. The molecule has 0 heterocycles. The second-order valence-electron chi connectivity index (χ2n) is 23.0. The van der Waals surface area contributed by atoms with E-state index in [-0.39, 0.29) is 35.6 Å². The molecule has 0 atom stereocenters. The molecule has 0 amide bonds. The molecule has 0 aliphatic rings. The molecule has 2 heteroatoms. The van der Waals surface area contributed by atoms with Crippen molar-refractivity contribution in [1.82, 2.24) is 0 Å². The molecule has 0 aromatic heterocycles. The van der Waals surface area contributed by atoms with Crippen LogP contribution in [0.15, 0.2) is 243 Å². The van der Waals surface area contributed by atoms with E-state index in [1.165, 1.54) is 120 Å². The molecule has 0 aliphatic carbocycles. The second kappa shape index (κ2) is 52.5. The molecule has 90 heavy (non-hydrogen) atoms. The Morgan fingerprint density at radius 3 is 0.811 bits per heavy atom. The van der Waals surface area contributed by atoms with Crippen molar-refractivity contribution in [3.63, 3.8) is 0 Å². The Bertz CT molecular complexity index is 3310. The van der Waals surface area contributed by atoms with Gasteiger partial charge in [0.2, 0.25) is 0 Å². The number of halogens is 1. The lowest BCUT2D eigenvalue weighted by Gasteiger charge is -2.18. The normalized spacial score (nSPS) is 9.82. The maximum atomic E-state index is 9.50. The molecule has 0 unspecified atom stereocenters. The Hall–Kier alpha value is -8.38. The summed E-state index contributed by atoms with van der Waals surface area (Å²) in [6.45, 7) is 51.9. The number of nitriles is 1. The van der Waals surface area contributed by atoms with Crippen LogP contribution in [0.5, 0.6) is 0 Å². The van der Waals surface area contributed by atoms with Gasteiger partial charge in [-0.3, -0.25) is 4.39 Å².